The monoisotopic (exact) mass is 277 g/mol. The zero-order valence-electron chi connectivity index (χ0n) is 6.91. The van der Waals surface area contributed by atoms with E-state index in [0.29, 0.717) is 0 Å². The molecule has 0 aromatic carbocycles. The van der Waals surface area contributed by atoms with E-state index in [1.807, 2.05) is 0 Å². The molecular formula is C5H12BrNO3S2. The number of alkyl halides is 1. The summed E-state index contributed by atoms with van der Waals surface area (Å²) in [6, 6.07) is 0. The van der Waals surface area contributed by atoms with Gasteiger partial charge in [-0.3, -0.25) is 4.21 Å². The Morgan fingerprint density at radius 3 is 2.42 bits per heavy atom. The van der Waals surface area contributed by atoms with E-state index in [9.17, 15) is 12.6 Å². The van der Waals surface area contributed by atoms with Gasteiger partial charge >= 0.3 is 0 Å². The summed E-state index contributed by atoms with van der Waals surface area (Å²) in [6.45, 7) is 1.95. The zero-order chi connectivity index (χ0) is 9.78. The summed E-state index contributed by atoms with van der Waals surface area (Å²) in [5.74, 6) is 0. The molecule has 0 heterocycles. The molecule has 0 saturated carbocycles. The van der Waals surface area contributed by atoms with Crippen molar-refractivity contribution in [2.45, 2.75) is 12.2 Å². The van der Waals surface area contributed by atoms with E-state index in [1.165, 1.54) is 0 Å². The smallest absolute Gasteiger partial charge is 0.221 e. The minimum atomic E-state index is -3.22. The van der Waals surface area contributed by atoms with Crippen molar-refractivity contribution in [1.29, 1.82) is 0 Å². The van der Waals surface area contributed by atoms with Crippen molar-refractivity contribution in [3.63, 3.8) is 0 Å². The highest BCUT2D eigenvalue weighted by Gasteiger charge is 2.11. The van der Waals surface area contributed by atoms with Crippen LogP contribution in [0.5, 0.6) is 0 Å². The first kappa shape index (κ1) is 12.5. The van der Waals surface area contributed by atoms with Gasteiger partial charge in [-0.2, -0.15) is 0 Å². The molecule has 0 saturated heterocycles. The second-order valence-electron chi connectivity index (χ2n) is 2.38. The zero-order valence-corrected chi connectivity index (χ0v) is 10.1. The van der Waals surface area contributed by atoms with Gasteiger partial charge in [0, 0.05) is 28.9 Å². The first-order valence-electron chi connectivity index (χ1n) is 3.24. The van der Waals surface area contributed by atoms with E-state index < -0.39 is 20.8 Å². The van der Waals surface area contributed by atoms with Gasteiger partial charge in [0.2, 0.25) is 10.0 Å². The van der Waals surface area contributed by atoms with Crippen LogP contribution in [0.1, 0.15) is 6.92 Å². The minimum Gasteiger partial charge on any atom is -0.260 e. The van der Waals surface area contributed by atoms with Crippen molar-refractivity contribution in [2.75, 3.05) is 17.5 Å². The molecule has 0 amide bonds. The summed E-state index contributed by atoms with van der Waals surface area (Å²) in [6.07, 6.45) is 1.55. The molecule has 12 heavy (non-hydrogen) atoms. The third kappa shape index (κ3) is 5.23. The van der Waals surface area contributed by atoms with Gasteiger partial charge in [-0.15, -0.1) is 0 Å². The van der Waals surface area contributed by atoms with Crippen molar-refractivity contribution >= 4 is 36.8 Å². The molecule has 0 bridgehead atoms. The molecule has 74 valence electrons. The highest BCUT2D eigenvalue weighted by Crippen LogP contribution is 1.94. The Hall–Kier alpha value is 0.540. The summed E-state index contributed by atoms with van der Waals surface area (Å²) >= 11 is 2.83. The molecule has 0 aromatic rings. The maximum atomic E-state index is 10.9. The van der Waals surface area contributed by atoms with Gasteiger partial charge in [0.25, 0.3) is 0 Å². The fraction of sp³-hybridized carbons (Fsp3) is 1.00. The third-order valence-electron chi connectivity index (χ3n) is 1.30. The summed E-state index contributed by atoms with van der Waals surface area (Å²) in [4.78, 5) is 0. The van der Waals surface area contributed by atoms with E-state index in [-0.39, 0.29) is 16.5 Å². The Bertz CT molecular complexity index is 251. The van der Waals surface area contributed by atoms with Crippen LogP contribution in [0, 0.1) is 0 Å². The van der Waals surface area contributed by atoms with E-state index >= 15 is 0 Å². The summed E-state index contributed by atoms with van der Waals surface area (Å²) in [7, 11) is -4.21. The van der Waals surface area contributed by atoms with E-state index in [4.69, 9.17) is 0 Å². The number of hydrogen-bond acceptors (Lipinski definition) is 3. The Morgan fingerprint density at radius 1 is 1.58 bits per heavy atom. The lowest BCUT2D eigenvalue weighted by Crippen LogP contribution is -2.33. The molecule has 0 rings (SSSR count). The molecule has 0 fully saturated rings. The van der Waals surface area contributed by atoms with E-state index in [0.717, 1.165) is 0 Å². The first-order chi connectivity index (χ1) is 5.39. The highest BCUT2D eigenvalue weighted by atomic mass is 79.9. The van der Waals surface area contributed by atoms with Gasteiger partial charge in [-0.25, -0.2) is 13.1 Å². The number of hydrogen-bond donors (Lipinski definition) is 1. The predicted molar refractivity (Wildman–Crippen MR) is 54.2 cm³/mol. The Morgan fingerprint density at radius 2 is 2.08 bits per heavy atom. The third-order valence-corrected chi connectivity index (χ3v) is 5.30. The van der Waals surface area contributed by atoms with Crippen molar-refractivity contribution in [2.24, 2.45) is 0 Å². The minimum absolute atomic E-state index is 0.122. The Labute approximate surface area is 83.8 Å². The molecule has 0 radical (unpaired) electrons. The van der Waals surface area contributed by atoms with Gasteiger partial charge in [0.05, 0.1) is 0 Å². The molecule has 2 atom stereocenters. The van der Waals surface area contributed by atoms with Gasteiger partial charge in [0.15, 0.2) is 0 Å². The molecule has 0 aromatic heterocycles. The van der Waals surface area contributed by atoms with Crippen molar-refractivity contribution in [3.8, 4) is 0 Å². The SMILES string of the molecule is CC(CNS(=O)(=O)CBr)S(C)=O. The normalized spacial score (nSPS) is 17.2. The molecular weight excluding hydrogens is 266 g/mol. The summed E-state index contributed by atoms with van der Waals surface area (Å²) in [5.41, 5.74) is 0. The Kier molecular flexibility index (Phi) is 5.55. The lowest BCUT2D eigenvalue weighted by Gasteiger charge is -2.08. The van der Waals surface area contributed by atoms with Crippen LogP contribution in [-0.2, 0) is 20.8 Å². The lowest BCUT2D eigenvalue weighted by molar-refractivity contribution is 0.586. The average Bonchev–Trinajstić information content (AvgIpc) is 2.00. The molecule has 0 aliphatic rings. The van der Waals surface area contributed by atoms with Crippen LogP contribution in [0.2, 0.25) is 0 Å². The topological polar surface area (TPSA) is 63.2 Å². The molecule has 0 spiro atoms. The molecule has 0 aliphatic carbocycles. The predicted octanol–water partition coefficient (Wildman–Crippen LogP) is 0.0252. The van der Waals surface area contributed by atoms with E-state index in [2.05, 4.69) is 20.7 Å². The van der Waals surface area contributed by atoms with Crippen LogP contribution in [0.3, 0.4) is 0 Å². The van der Waals surface area contributed by atoms with Crippen LogP contribution in [0.15, 0.2) is 0 Å². The largest absolute Gasteiger partial charge is 0.260 e. The van der Waals surface area contributed by atoms with Crippen LogP contribution >= 0.6 is 15.9 Å². The van der Waals surface area contributed by atoms with Crippen LogP contribution in [0.25, 0.3) is 0 Å². The van der Waals surface area contributed by atoms with Crippen LogP contribution in [-0.4, -0.2) is 35.3 Å². The quantitative estimate of drug-likeness (QED) is 0.721. The second-order valence-corrected chi connectivity index (χ2v) is 7.29. The molecule has 7 heteroatoms. The van der Waals surface area contributed by atoms with Crippen molar-refractivity contribution in [1.82, 2.24) is 4.72 Å². The standard InChI is InChI=1S/C5H12BrNO3S2/c1-5(11(2)8)3-7-12(9,10)4-6/h5,7H,3-4H2,1-2H3. The molecule has 0 aliphatic heterocycles. The van der Waals surface area contributed by atoms with Gasteiger partial charge < -0.3 is 0 Å². The van der Waals surface area contributed by atoms with Crippen molar-refractivity contribution in [3.05, 3.63) is 0 Å². The maximum absolute atomic E-state index is 10.9. The Balaban J connectivity index is 3.92. The molecule has 4 nitrogen and oxygen atoms in total. The number of rotatable bonds is 5. The van der Waals surface area contributed by atoms with Crippen molar-refractivity contribution < 1.29 is 12.6 Å². The molecule has 2 unspecified atom stereocenters. The first-order valence-corrected chi connectivity index (χ1v) is 7.64. The van der Waals surface area contributed by atoms with Gasteiger partial charge in [0.1, 0.15) is 4.66 Å². The fourth-order valence-corrected chi connectivity index (χ4v) is 1.89. The maximum Gasteiger partial charge on any atom is 0.221 e. The lowest BCUT2D eigenvalue weighted by atomic mass is 10.5. The highest BCUT2D eigenvalue weighted by molar-refractivity contribution is 9.10. The van der Waals surface area contributed by atoms with Crippen LogP contribution < -0.4 is 4.72 Å². The number of halogens is 1. The van der Waals surface area contributed by atoms with Gasteiger partial charge in [-0.05, 0) is 6.92 Å². The second kappa shape index (κ2) is 5.31. The summed E-state index contributed by atoms with van der Waals surface area (Å²) in [5, 5.41) is -0.154. The van der Waals surface area contributed by atoms with Crippen LogP contribution in [0.4, 0.5) is 0 Å². The average molecular weight is 278 g/mol. The fourth-order valence-electron chi connectivity index (χ4n) is 0.400. The number of sulfonamides is 1. The number of nitrogens with one attached hydrogen (secondary N) is 1. The molecule has 1 N–H and O–H groups in total. The summed E-state index contributed by atoms with van der Waals surface area (Å²) < 4.78 is 34.8. The van der Waals surface area contributed by atoms with E-state index in [1.54, 1.807) is 13.2 Å². The van der Waals surface area contributed by atoms with Gasteiger partial charge in [-0.1, -0.05) is 15.9 Å².